The first-order valence-electron chi connectivity index (χ1n) is 13.4. The van der Waals surface area contributed by atoms with E-state index in [1.807, 2.05) is 0 Å². The van der Waals surface area contributed by atoms with Gasteiger partial charge in [0, 0.05) is 11.4 Å². The van der Waals surface area contributed by atoms with Crippen LogP contribution in [-0.2, 0) is 44.3 Å². The Morgan fingerprint density at radius 1 is 0.738 bits per heavy atom. The molecule has 42 heavy (non-hydrogen) atoms. The van der Waals surface area contributed by atoms with Crippen molar-refractivity contribution in [3.8, 4) is 0 Å². The maximum Gasteiger partial charge on any atom is 0.416 e. The molecule has 0 aliphatic carbocycles. The van der Waals surface area contributed by atoms with Crippen LogP contribution in [0.5, 0.6) is 0 Å². The van der Waals surface area contributed by atoms with Gasteiger partial charge in [-0.1, -0.05) is 32.0 Å². The van der Waals surface area contributed by atoms with E-state index in [0.29, 0.717) is 12.8 Å². The van der Waals surface area contributed by atoms with Crippen molar-refractivity contribution in [3.63, 3.8) is 0 Å². The summed E-state index contributed by atoms with van der Waals surface area (Å²) in [4.78, 5) is 51.3. The van der Waals surface area contributed by atoms with Crippen LogP contribution in [0.3, 0.4) is 0 Å². The largest absolute Gasteiger partial charge is 0.427 e. The van der Waals surface area contributed by atoms with E-state index in [1.165, 1.54) is 26.0 Å². The van der Waals surface area contributed by atoms with Gasteiger partial charge in [0.2, 0.25) is 13.6 Å². The van der Waals surface area contributed by atoms with Gasteiger partial charge >= 0.3 is 30.1 Å². The van der Waals surface area contributed by atoms with E-state index in [2.05, 4.69) is 5.32 Å². The number of carbonyl (C=O) groups excluding carboxylic acids is 4. The van der Waals surface area contributed by atoms with Crippen LogP contribution in [0.4, 0.5) is 13.2 Å². The number of benzene rings is 1. The van der Waals surface area contributed by atoms with Crippen molar-refractivity contribution in [2.45, 2.75) is 80.3 Å². The summed E-state index contributed by atoms with van der Waals surface area (Å²) < 4.78 is 62.8. The summed E-state index contributed by atoms with van der Waals surface area (Å²) in [5.74, 6) is -5.08. The SMILES string of the molecule is CCC(C)(C)C(=O)OCOC(=O)C1=C(C)NC(C)=C(C(=O)OCOC(=O)C(C)(C)CC)C1c1ccccc1C(F)(F)F. The molecule has 0 saturated carbocycles. The van der Waals surface area contributed by atoms with Gasteiger partial charge in [-0.05, 0) is 66.0 Å². The Bertz CT molecular complexity index is 1210. The average Bonchev–Trinajstić information content (AvgIpc) is 2.91. The summed E-state index contributed by atoms with van der Waals surface area (Å²) in [6.45, 7) is 11.4. The number of hydrogen-bond acceptors (Lipinski definition) is 9. The fourth-order valence-corrected chi connectivity index (χ4v) is 3.96. The second-order valence-corrected chi connectivity index (χ2v) is 11.2. The van der Waals surface area contributed by atoms with Gasteiger partial charge in [-0.15, -0.1) is 0 Å². The Hall–Kier alpha value is -3.83. The summed E-state index contributed by atoms with van der Waals surface area (Å²) in [6.07, 6.45) is -3.94. The molecule has 1 N–H and O–H groups in total. The third kappa shape index (κ3) is 7.92. The Balaban J connectivity index is 2.48. The van der Waals surface area contributed by atoms with Crippen LogP contribution in [0.1, 0.15) is 85.3 Å². The highest BCUT2D eigenvalue weighted by molar-refractivity contribution is 6.00. The molecule has 0 amide bonds. The number of dihydropyridines is 1. The molecule has 12 heteroatoms. The number of ether oxygens (including phenoxy) is 4. The van der Waals surface area contributed by atoms with Crippen molar-refractivity contribution in [3.05, 3.63) is 57.9 Å². The topological polar surface area (TPSA) is 117 Å². The third-order valence-electron chi connectivity index (χ3n) is 7.41. The summed E-state index contributed by atoms with van der Waals surface area (Å²) >= 11 is 0. The highest BCUT2D eigenvalue weighted by Gasteiger charge is 2.43. The Kier molecular flexibility index (Phi) is 11.0. The third-order valence-corrected chi connectivity index (χ3v) is 7.41. The van der Waals surface area contributed by atoms with Crippen molar-refractivity contribution in [2.75, 3.05) is 13.6 Å². The fourth-order valence-electron chi connectivity index (χ4n) is 3.96. The lowest BCUT2D eigenvalue weighted by Crippen LogP contribution is -2.34. The minimum Gasteiger partial charge on any atom is -0.427 e. The second kappa shape index (κ2) is 13.4. The summed E-state index contributed by atoms with van der Waals surface area (Å²) in [5.41, 5.74) is -3.60. The normalized spacial score (nSPS) is 14.7. The molecular formula is C30H38F3NO8. The lowest BCUT2D eigenvalue weighted by molar-refractivity contribution is -0.173. The summed E-state index contributed by atoms with van der Waals surface area (Å²) in [6, 6.07) is 4.50. The van der Waals surface area contributed by atoms with Crippen LogP contribution in [0.2, 0.25) is 0 Å². The van der Waals surface area contributed by atoms with Gasteiger partial charge < -0.3 is 24.3 Å². The second-order valence-electron chi connectivity index (χ2n) is 11.2. The number of halogens is 3. The van der Waals surface area contributed by atoms with Gasteiger partial charge in [-0.3, -0.25) is 9.59 Å². The molecule has 1 aromatic rings. The number of rotatable bonds is 11. The zero-order valence-electron chi connectivity index (χ0n) is 25.1. The predicted octanol–water partition coefficient (Wildman–Crippen LogP) is 5.90. The molecule has 0 unspecified atom stereocenters. The lowest BCUT2D eigenvalue weighted by Gasteiger charge is -2.32. The molecule has 232 valence electrons. The Morgan fingerprint density at radius 2 is 1.14 bits per heavy atom. The molecule has 1 aromatic carbocycles. The van der Waals surface area contributed by atoms with Crippen molar-refractivity contribution >= 4 is 23.9 Å². The quantitative estimate of drug-likeness (QED) is 0.246. The first kappa shape index (κ1) is 34.4. The van der Waals surface area contributed by atoms with Gasteiger partial charge in [0.1, 0.15) is 0 Å². The van der Waals surface area contributed by atoms with Gasteiger partial charge in [0.15, 0.2) is 0 Å². The van der Waals surface area contributed by atoms with E-state index in [4.69, 9.17) is 18.9 Å². The molecule has 0 radical (unpaired) electrons. The molecule has 1 aliphatic heterocycles. The molecule has 0 bridgehead atoms. The number of carbonyl (C=O) groups is 4. The molecule has 0 atom stereocenters. The lowest BCUT2D eigenvalue weighted by atomic mass is 9.78. The van der Waals surface area contributed by atoms with Crippen LogP contribution < -0.4 is 5.32 Å². The number of allylic oxidation sites excluding steroid dienone is 2. The van der Waals surface area contributed by atoms with Gasteiger partial charge in [0.25, 0.3) is 0 Å². The molecule has 0 aromatic heterocycles. The number of nitrogens with one attached hydrogen (secondary N) is 1. The van der Waals surface area contributed by atoms with E-state index in [1.54, 1.807) is 41.5 Å². The Morgan fingerprint density at radius 3 is 1.52 bits per heavy atom. The molecule has 0 spiro atoms. The van der Waals surface area contributed by atoms with Gasteiger partial charge in [0.05, 0.1) is 33.5 Å². The standard InChI is InChI=1S/C30H38F3NO8/c1-9-28(5,6)26(37)41-15-39-24(35)21-17(3)34-18(4)22(25(36)40-16-42-27(38)29(7,8)10-2)23(21)19-13-11-12-14-20(19)30(31,32)33/h11-14,23,34H,9-10,15-16H2,1-8H3. The van der Waals surface area contributed by atoms with Crippen LogP contribution in [0.25, 0.3) is 0 Å². The van der Waals surface area contributed by atoms with Crippen molar-refractivity contribution in [2.24, 2.45) is 10.8 Å². The van der Waals surface area contributed by atoms with Crippen molar-refractivity contribution in [1.29, 1.82) is 0 Å². The van der Waals surface area contributed by atoms with Gasteiger partial charge in [-0.25, -0.2) is 9.59 Å². The zero-order chi connectivity index (χ0) is 32.0. The molecule has 9 nitrogen and oxygen atoms in total. The van der Waals surface area contributed by atoms with Crippen LogP contribution >= 0.6 is 0 Å². The maximum atomic E-state index is 14.1. The van der Waals surface area contributed by atoms with E-state index >= 15 is 0 Å². The van der Waals surface area contributed by atoms with Crippen molar-refractivity contribution < 1.29 is 51.3 Å². The first-order chi connectivity index (χ1) is 19.4. The first-order valence-corrected chi connectivity index (χ1v) is 13.4. The van der Waals surface area contributed by atoms with Crippen LogP contribution in [0.15, 0.2) is 46.8 Å². The number of esters is 4. The Labute approximate surface area is 243 Å². The van der Waals surface area contributed by atoms with E-state index < -0.39 is 71.5 Å². The van der Waals surface area contributed by atoms with E-state index in [9.17, 15) is 32.3 Å². The molecular weight excluding hydrogens is 559 g/mol. The average molecular weight is 598 g/mol. The van der Waals surface area contributed by atoms with Crippen LogP contribution in [0, 0.1) is 10.8 Å². The highest BCUT2D eigenvalue weighted by atomic mass is 19.4. The van der Waals surface area contributed by atoms with E-state index in [0.717, 1.165) is 12.1 Å². The number of hydrogen-bond donors (Lipinski definition) is 1. The monoisotopic (exact) mass is 597 g/mol. The molecule has 0 fully saturated rings. The molecule has 2 rings (SSSR count). The molecule has 0 saturated heterocycles. The minimum absolute atomic E-state index is 0.118. The maximum absolute atomic E-state index is 14.1. The predicted molar refractivity (Wildman–Crippen MR) is 145 cm³/mol. The van der Waals surface area contributed by atoms with E-state index in [-0.39, 0.29) is 22.5 Å². The number of alkyl halides is 3. The molecule has 1 heterocycles. The van der Waals surface area contributed by atoms with Gasteiger partial charge in [-0.2, -0.15) is 13.2 Å². The summed E-state index contributed by atoms with van der Waals surface area (Å²) in [7, 11) is 0. The summed E-state index contributed by atoms with van der Waals surface area (Å²) in [5, 5.41) is 2.83. The zero-order valence-corrected chi connectivity index (χ0v) is 25.1. The highest BCUT2D eigenvalue weighted by Crippen LogP contribution is 2.44. The van der Waals surface area contributed by atoms with Crippen molar-refractivity contribution in [1.82, 2.24) is 5.32 Å². The minimum atomic E-state index is -4.84. The smallest absolute Gasteiger partial charge is 0.416 e. The molecule has 1 aliphatic rings. The fraction of sp³-hybridized carbons (Fsp3) is 0.533. The van der Waals surface area contributed by atoms with Crippen LogP contribution in [-0.4, -0.2) is 37.5 Å².